The van der Waals surface area contributed by atoms with E-state index in [1.165, 1.54) is 25.5 Å². The fraction of sp³-hybridized carbons (Fsp3) is 0.625. The van der Waals surface area contributed by atoms with Gasteiger partial charge in [0.1, 0.15) is 0 Å². The van der Waals surface area contributed by atoms with E-state index in [2.05, 4.69) is 29.2 Å². The molecule has 0 N–H and O–H groups in total. The van der Waals surface area contributed by atoms with Crippen molar-refractivity contribution in [3.8, 4) is 0 Å². The lowest BCUT2D eigenvalue weighted by atomic mass is 9.52. The van der Waals surface area contributed by atoms with Crippen molar-refractivity contribution in [1.29, 1.82) is 0 Å². The fourth-order valence-corrected chi connectivity index (χ4v) is 7.95. The van der Waals surface area contributed by atoms with Crippen molar-refractivity contribution in [2.75, 3.05) is 14.2 Å². The highest BCUT2D eigenvalue weighted by molar-refractivity contribution is 5.78. The molecule has 6 nitrogen and oxygen atoms in total. The lowest BCUT2D eigenvalue weighted by molar-refractivity contribution is -0.161. The first-order valence-electron chi connectivity index (χ1n) is 14.2. The first kappa shape index (κ1) is 26.8. The molecule has 4 bridgehead atoms. The third-order valence-corrected chi connectivity index (χ3v) is 10.7. The molecule has 6 aliphatic rings. The number of carbonyl (C=O) groups is 2. The van der Waals surface area contributed by atoms with Crippen LogP contribution >= 0.6 is 0 Å². The zero-order valence-electron chi connectivity index (χ0n) is 23.5. The minimum atomic E-state index is -0.194. The highest BCUT2D eigenvalue weighted by Gasteiger charge is 2.55. The molecule has 0 saturated heterocycles. The minimum absolute atomic E-state index is 0.00185. The van der Waals surface area contributed by atoms with Gasteiger partial charge in [-0.1, -0.05) is 6.07 Å². The molecule has 0 radical (unpaired) electrons. The molecule has 6 aliphatic carbocycles. The second kappa shape index (κ2) is 10.1. The summed E-state index contributed by atoms with van der Waals surface area (Å²) in [4.78, 5) is 33.0. The summed E-state index contributed by atoms with van der Waals surface area (Å²) < 4.78 is 10.0. The highest BCUT2D eigenvalue weighted by Crippen LogP contribution is 2.59. The van der Waals surface area contributed by atoms with E-state index < -0.39 is 0 Å². The van der Waals surface area contributed by atoms with E-state index in [0.717, 1.165) is 88.4 Å². The molecule has 0 atom stereocenters. The van der Waals surface area contributed by atoms with E-state index in [-0.39, 0.29) is 33.6 Å². The van der Waals surface area contributed by atoms with Crippen molar-refractivity contribution < 1.29 is 19.1 Å². The Morgan fingerprint density at radius 1 is 0.684 bits per heavy atom. The summed E-state index contributed by atoms with van der Waals surface area (Å²) in [5.41, 5.74) is 4.93. The molecule has 0 aromatic carbocycles. The van der Waals surface area contributed by atoms with Crippen LogP contribution in [0.5, 0.6) is 0 Å². The molecule has 6 saturated carbocycles. The number of methoxy groups -OCH3 is 2. The van der Waals surface area contributed by atoms with Gasteiger partial charge in [0.15, 0.2) is 0 Å². The fourth-order valence-electron chi connectivity index (χ4n) is 7.95. The van der Waals surface area contributed by atoms with Gasteiger partial charge in [-0.2, -0.15) is 0 Å². The number of hydrogen-bond donors (Lipinski definition) is 0. The SMILES string of the molecule is COC(=O)C12CCC(c3cccc(C)n3)(CC1)CC2.COC(=O)C12CCC(c3ccnc(C)c3)(CC1)CC2. The predicted octanol–water partition coefficient (Wildman–Crippen LogP) is 6.31. The number of fused-ring (bicyclic) bond motifs is 6. The third-order valence-electron chi connectivity index (χ3n) is 10.7. The molecule has 6 fully saturated rings. The molecule has 204 valence electrons. The third kappa shape index (κ3) is 4.54. The van der Waals surface area contributed by atoms with Crippen molar-refractivity contribution >= 4 is 11.9 Å². The van der Waals surface area contributed by atoms with Gasteiger partial charge in [-0.3, -0.25) is 19.6 Å². The average molecular weight is 519 g/mol. The molecule has 38 heavy (non-hydrogen) atoms. The van der Waals surface area contributed by atoms with E-state index >= 15 is 0 Å². The van der Waals surface area contributed by atoms with Crippen molar-refractivity contribution in [2.45, 2.75) is 102 Å². The van der Waals surface area contributed by atoms with Gasteiger partial charge in [0, 0.05) is 28.7 Å². The second-order valence-electron chi connectivity index (χ2n) is 12.5. The molecule has 0 aliphatic heterocycles. The summed E-state index contributed by atoms with van der Waals surface area (Å²) in [6.45, 7) is 4.09. The van der Waals surface area contributed by atoms with Crippen LogP contribution in [0.25, 0.3) is 0 Å². The normalized spacial score (nSPS) is 33.2. The van der Waals surface area contributed by atoms with Crippen LogP contribution in [-0.4, -0.2) is 36.1 Å². The van der Waals surface area contributed by atoms with Gasteiger partial charge >= 0.3 is 11.9 Å². The Kier molecular flexibility index (Phi) is 7.12. The number of hydrogen-bond acceptors (Lipinski definition) is 6. The van der Waals surface area contributed by atoms with E-state index in [9.17, 15) is 9.59 Å². The molecule has 0 amide bonds. The Hall–Kier alpha value is -2.76. The average Bonchev–Trinajstić information content (AvgIpc) is 2.98. The first-order chi connectivity index (χ1) is 18.2. The van der Waals surface area contributed by atoms with Crippen LogP contribution in [0.4, 0.5) is 0 Å². The van der Waals surface area contributed by atoms with Crippen LogP contribution in [0.3, 0.4) is 0 Å². The quantitative estimate of drug-likeness (QED) is 0.441. The maximum atomic E-state index is 12.0. The van der Waals surface area contributed by atoms with Gasteiger partial charge in [0.25, 0.3) is 0 Å². The monoisotopic (exact) mass is 518 g/mol. The molecule has 2 heterocycles. The van der Waals surface area contributed by atoms with Crippen molar-refractivity contribution in [3.05, 3.63) is 59.2 Å². The van der Waals surface area contributed by atoms with Gasteiger partial charge in [0.2, 0.25) is 0 Å². The highest BCUT2D eigenvalue weighted by atomic mass is 16.5. The number of ether oxygens (including phenoxy) is 2. The van der Waals surface area contributed by atoms with Gasteiger partial charge in [-0.15, -0.1) is 0 Å². The van der Waals surface area contributed by atoms with E-state index in [0.29, 0.717) is 0 Å². The Balaban J connectivity index is 0.000000155. The van der Waals surface area contributed by atoms with Crippen LogP contribution < -0.4 is 0 Å². The molecule has 0 spiro atoms. The number of carbonyl (C=O) groups excluding carboxylic acids is 2. The van der Waals surface area contributed by atoms with Gasteiger partial charge < -0.3 is 9.47 Å². The predicted molar refractivity (Wildman–Crippen MR) is 146 cm³/mol. The number of rotatable bonds is 4. The summed E-state index contributed by atoms with van der Waals surface area (Å²) in [6, 6.07) is 10.7. The molecule has 8 rings (SSSR count). The zero-order valence-corrected chi connectivity index (χ0v) is 23.5. The smallest absolute Gasteiger partial charge is 0.311 e. The molecule has 2 aromatic heterocycles. The summed E-state index contributed by atoms with van der Waals surface area (Å²) in [7, 11) is 3.02. The molecule has 2 aromatic rings. The van der Waals surface area contributed by atoms with Crippen LogP contribution in [-0.2, 0) is 29.9 Å². The standard InChI is InChI=1S/2C16H21NO2/c1-12-11-13(3-10-17-12)15-4-7-16(8-5-15,9-6-15)14(18)19-2;1-12-4-3-5-13(17-12)15-6-9-16(10-7-15,11-8-15)14(18)19-2/h3,10-11H,4-9H2,1-2H3;3-5H,6-11H2,1-2H3. The Labute approximate surface area is 226 Å². The number of nitrogens with zero attached hydrogens (tertiary/aromatic N) is 2. The summed E-state index contributed by atoms with van der Waals surface area (Å²) in [6.07, 6.45) is 14.2. The second-order valence-corrected chi connectivity index (χ2v) is 12.5. The number of aryl methyl sites for hydroxylation is 2. The Morgan fingerprint density at radius 2 is 1.18 bits per heavy atom. The molecular formula is C32H42N2O4. The van der Waals surface area contributed by atoms with E-state index in [1.54, 1.807) is 0 Å². The number of aromatic nitrogens is 2. The minimum Gasteiger partial charge on any atom is -0.469 e. The van der Waals surface area contributed by atoms with Crippen LogP contribution in [0.2, 0.25) is 0 Å². The van der Waals surface area contributed by atoms with E-state index in [4.69, 9.17) is 14.5 Å². The maximum Gasteiger partial charge on any atom is 0.311 e. The van der Waals surface area contributed by atoms with Crippen molar-refractivity contribution in [1.82, 2.24) is 9.97 Å². The summed E-state index contributed by atoms with van der Waals surface area (Å²) in [5, 5.41) is 0. The Morgan fingerprint density at radius 3 is 1.63 bits per heavy atom. The van der Waals surface area contributed by atoms with Crippen LogP contribution in [0.1, 0.15) is 99.7 Å². The number of pyridine rings is 2. The van der Waals surface area contributed by atoms with E-state index in [1.807, 2.05) is 26.1 Å². The summed E-state index contributed by atoms with van der Waals surface area (Å²) >= 11 is 0. The Bertz CT molecular complexity index is 1060. The van der Waals surface area contributed by atoms with Gasteiger partial charge in [-0.25, -0.2) is 0 Å². The zero-order chi connectivity index (χ0) is 27.0. The summed E-state index contributed by atoms with van der Waals surface area (Å²) in [5.74, 6) is 0.00436. The van der Waals surface area contributed by atoms with Crippen LogP contribution in [0.15, 0.2) is 36.5 Å². The van der Waals surface area contributed by atoms with Crippen molar-refractivity contribution in [2.24, 2.45) is 10.8 Å². The molecule has 0 unspecified atom stereocenters. The van der Waals surface area contributed by atoms with Gasteiger partial charge in [-0.05, 0) is 126 Å². The molecular weight excluding hydrogens is 476 g/mol. The maximum absolute atomic E-state index is 12.0. The number of esters is 2. The largest absolute Gasteiger partial charge is 0.469 e. The van der Waals surface area contributed by atoms with Crippen LogP contribution in [0, 0.1) is 24.7 Å². The lowest BCUT2D eigenvalue weighted by Crippen LogP contribution is -2.48. The first-order valence-corrected chi connectivity index (χ1v) is 14.2. The van der Waals surface area contributed by atoms with Crippen molar-refractivity contribution in [3.63, 3.8) is 0 Å². The topological polar surface area (TPSA) is 78.4 Å². The van der Waals surface area contributed by atoms with Gasteiger partial charge in [0.05, 0.1) is 25.0 Å². The lowest BCUT2D eigenvalue weighted by Gasteiger charge is -2.52. The molecule has 6 heteroatoms.